The average molecular weight is 428 g/mol. The molecule has 5 aromatic rings. The topological polar surface area (TPSA) is 20.2 Å². The van der Waals surface area contributed by atoms with Crippen molar-refractivity contribution in [3.63, 3.8) is 0 Å². The van der Waals surface area contributed by atoms with E-state index in [-0.39, 0.29) is 0 Å². The maximum Gasteiger partial charge on any atom is 0.154 e. The van der Waals surface area contributed by atoms with Crippen LogP contribution in [-0.2, 0) is 0 Å². The molecule has 1 N–H and O–H groups in total. The monoisotopic (exact) mass is 427 g/mol. The zero-order chi connectivity index (χ0) is 21.8. The van der Waals surface area contributed by atoms with Crippen LogP contribution in [0.15, 0.2) is 133 Å². The van der Waals surface area contributed by atoms with Crippen LogP contribution in [0, 0.1) is 0 Å². The van der Waals surface area contributed by atoms with Crippen LogP contribution in [-0.4, -0.2) is 13.9 Å². The van der Waals surface area contributed by atoms with E-state index in [0.29, 0.717) is 5.75 Å². The molecule has 0 heterocycles. The second-order valence-corrected chi connectivity index (χ2v) is 10.3. The summed E-state index contributed by atoms with van der Waals surface area (Å²) in [6, 6.07) is 46.5. The van der Waals surface area contributed by atoms with Crippen molar-refractivity contribution >= 4 is 24.4 Å². The molecular weight excluding hydrogens is 404 g/mol. The highest BCUT2D eigenvalue weighted by Gasteiger charge is 2.19. The van der Waals surface area contributed by atoms with Crippen LogP contribution < -0.4 is 15.6 Å². The highest BCUT2D eigenvalue weighted by atomic mass is 28.3. The molecule has 0 atom stereocenters. The van der Waals surface area contributed by atoms with Crippen molar-refractivity contribution in [2.45, 2.75) is 0 Å². The summed E-state index contributed by atoms with van der Waals surface area (Å²) in [5.41, 5.74) is 4.20. The van der Waals surface area contributed by atoms with E-state index >= 15 is 0 Å². The molecule has 0 bridgehead atoms. The summed E-state index contributed by atoms with van der Waals surface area (Å²) in [6.45, 7) is 0. The molecule has 153 valence electrons. The summed E-state index contributed by atoms with van der Waals surface area (Å²) >= 11 is 0. The van der Waals surface area contributed by atoms with Gasteiger partial charge in [0.05, 0.1) is 0 Å². The Labute approximate surface area is 190 Å². The van der Waals surface area contributed by atoms with Crippen molar-refractivity contribution in [2.75, 3.05) is 0 Å². The normalized spacial score (nSPS) is 10.9. The van der Waals surface area contributed by atoms with Gasteiger partial charge in [0.15, 0.2) is 8.80 Å². The zero-order valence-corrected chi connectivity index (χ0v) is 18.6. The molecule has 2 heteroatoms. The summed E-state index contributed by atoms with van der Waals surface area (Å²) in [5, 5.41) is 14.4. The van der Waals surface area contributed by atoms with Crippen LogP contribution in [0.2, 0.25) is 0 Å². The van der Waals surface area contributed by atoms with Crippen LogP contribution in [0.1, 0.15) is 0 Å². The lowest BCUT2D eigenvalue weighted by Crippen LogP contribution is -2.51. The molecular formula is C30H23OSi. The molecule has 5 rings (SSSR count). The van der Waals surface area contributed by atoms with Gasteiger partial charge in [-0.05, 0) is 28.8 Å². The number of hydrogen-bond acceptors (Lipinski definition) is 1. The first-order valence-corrected chi connectivity index (χ1v) is 12.3. The standard InChI is InChI=1S/C30H23OSi/c31-30-20-8-7-19-29(30)25-13-9-11-23(21-25)24-12-10-18-28(22-24)32(26-14-3-1-4-15-26)27-16-5-2-6-17-27/h1-22,31H. The molecule has 0 aliphatic carbocycles. The van der Waals surface area contributed by atoms with Crippen molar-refractivity contribution in [1.82, 2.24) is 0 Å². The predicted molar refractivity (Wildman–Crippen MR) is 137 cm³/mol. The minimum atomic E-state index is -1.11. The quantitative estimate of drug-likeness (QED) is 0.300. The number of phenolic OH excluding ortho intramolecular Hbond substituents is 1. The third kappa shape index (κ3) is 4.14. The van der Waals surface area contributed by atoms with E-state index in [1.54, 1.807) is 6.07 Å². The first kappa shape index (κ1) is 20.0. The summed E-state index contributed by atoms with van der Waals surface area (Å²) in [7, 11) is -1.11. The van der Waals surface area contributed by atoms with Crippen molar-refractivity contribution in [2.24, 2.45) is 0 Å². The van der Waals surface area contributed by atoms with Crippen molar-refractivity contribution < 1.29 is 5.11 Å². The molecule has 0 spiro atoms. The Morgan fingerprint density at radius 2 is 0.906 bits per heavy atom. The zero-order valence-electron chi connectivity index (χ0n) is 17.6. The molecule has 0 aliphatic heterocycles. The highest BCUT2D eigenvalue weighted by molar-refractivity contribution is 6.95. The van der Waals surface area contributed by atoms with E-state index < -0.39 is 8.80 Å². The van der Waals surface area contributed by atoms with Gasteiger partial charge >= 0.3 is 0 Å². The third-order valence-corrected chi connectivity index (χ3v) is 8.40. The smallest absolute Gasteiger partial charge is 0.154 e. The fourth-order valence-corrected chi connectivity index (χ4v) is 6.76. The van der Waals surface area contributed by atoms with Gasteiger partial charge in [0.1, 0.15) is 5.75 Å². The van der Waals surface area contributed by atoms with Crippen LogP contribution in [0.5, 0.6) is 5.75 Å². The summed E-state index contributed by atoms with van der Waals surface area (Å²) in [5.74, 6) is 0.303. The Balaban J connectivity index is 1.59. The Bertz CT molecular complexity index is 1290. The number of rotatable bonds is 5. The molecule has 0 amide bonds. The number of hydrogen-bond donors (Lipinski definition) is 1. The number of para-hydroxylation sites is 1. The lowest BCUT2D eigenvalue weighted by atomic mass is 9.98. The van der Waals surface area contributed by atoms with Crippen molar-refractivity contribution in [3.05, 3.63) is 133 Å². The fraction of sp³-hybridized carbons (Fsp3) is 0. The summed E-state index contributed by atoms with van der Waals surface area (Å²) in [4.78, 5) is 0. The Hall–Kier alpha value is -3.88. The number of benzene rings is 5. The van der Waals surface area contributed by atoms with Crippen LogP contribution in [0.3, 0.4) is 0 Å². The van der Waals surface area contributed by atoms with E-state index in [4.69, 9.17) is 0 Å². The molecule has 1 radical (unpaired) electrons. The second-order valence-electron chi connectivity index (χ2n) is 7.79. The maximum absolute atomic E-state index is 10.3. The first-order valence-electron chi connectivity index (χ1n) is 10.8. The largest absolute Gasteiger partial charge is 0.507 e. The van der Waals surface area contributed by atoms with Gasteiger partial charge in [0.2, 0.25) is 0 Å². The average Bonchev–Trinajstić information content (AvgIpc) is 2.86. The first-order chi connectivity index (χ1) is 15.8. The summed E-state index contributed by atoms with van der Waals surface area (Å²) < 4.78 is 0. The van der Waals surface area contributed by atoms with Gasteiger partial charge in [-0.15, -0.1) is 0 Å². The van der Waals surface area contributed by atoms with E-state index in [9.17, 15) is 5.11 Å². The van der Waals surface area contributed by atoms with Gasteiger partial charge in [0, 0.05) is 5.56 Å². The number of phenols is 1. The molecule has 0 unspecified atom stereocenters. The molecule has 0 aromatic heterocycles. The highest BCUT2D eigenvalue weighted by Crippen LogP contribution is 2.31. The van der Waals surface area contributed by atoms with Crippen molar-refractivity contribution in [3.8, 4) is 28.0 Å². The predicted octanol–water partition coefficient (Wildman–Crippen LogP) is 5.24. The minimum Gasteiger partial charge on any atom is -0.507 e. The van der Waals surface area contributed by atoms with Crippen LogP contribution >= 0.6 is 0 Å². The Morgan fingerprint density at radius 1 is 0.406 bits per heavy atom. The van der Waals surface area contributed by atoms with E-state index in [2.05, 4.69) is 103 Å². The van der Waals surface area contributed by atoms with Crippen LogP contribution in [0.25, 0.3) is 22.3 Å². The van der Waals surface area contributed by atoms with Crippen LogP contribution in [0.4, 0.5) is 0 Å². The molecule has 0 fully saturated rings. The Morgan fingerprint density at radius 3 is 1.56 bits per heavy atom. The maximum atomic E-state index is 10.3. The van der Waals surface area contributed by atoms with Gasteiger partial charge < -0.3 is 5.11 Å². The van der Waals surface area contributed by atoms with Crippen molar-refractivity contribution in [1.29, 1.82) is 0 Å². The molecule has 0 saturated carbocycles. The van der Waals surface area contributed by atoms with Gasteiger partial charge in [-0.2, -0.15) is 0 Å². The Kier molecular flexibility index (Phi) is 5.69. The minimum absolute atomic E-state index is 0.303. The molecule has 0 saturated heterocycles. The van der Waals surface area contributed by atoms with Gasteiger partial charge in [0.25, 0.3) is 0 Å². The van der Waals surface area contributed by atoms with Gasteiger partial charge in [-0.25, -0.2) is 0 Å². The third-order valence-electron chi connectivity index (χ3n) is 5.69. The summed E-state index contributed by atoms with van der Waals surface area (Å²) in [6.07, 6.45) is 0. The lowest BCUT2D eigenvalue weighted by Gasteiger charge is -2.18. The fourth-order valence-electron chi connectivity index (χ4n) is 4.15. The van der Waals surface area contributed by atoms with Gasteiger partial charge in [-0.3, -0.25) is 0 Å². The molecule has 32 heavy (non-hydrogen) atoms. The van der Waals surface area contributed by atoms with Gasteiger partial charge in [-0.1, -0.05) is 137 Å². The number of aromatic hydroxyl groups is 1. The van der Waals surface area contributed by atoms with E-state index in [1.165, 1.54) is 21.1 Å². The molecule has 5 aromatic carbocycles. The molecule has 0 aliphatic rings. The van der Waals surface area contributed by atoms with E-state index in [1.807, 2.05) is 24.3 Å². The second kappa shape index (κ2) is 9.09. The van der Waals surface area contributed by atoms with E-state index in [0.717, 1.165) is 16.7 Å². The SMILES string of the molecule is Oc1ccccc1-c1cccc(-c2cccc([Si](c3ccccc3)c3ccccc3)c2)c1. The molecule has 1 nitrogen and oxygen atoms in total. The lowest BCUT2D eigenvalue weighted by molar-refractivity contribution is 0.477.